The van der Waals surface area contributed by atoms with Crippen molar-refractivity contribution in [1.29, 1.82) is 10.7 Å². The Morgan fingerprint density at radius 2 is 2.16 bits per heavy atom. The highest BCUT2D eigenvalue weighted by Gasteiger charge is 2.32. The van der Waals surface area contributed by atoms with Gasteiger partial charge in [-0.3, -0.25) is 9.69 Å². The van der Waals surface area contributed by atoms with Crippen molar-refractivity contribution in [2.24, 2.45) is 0 Å². The van der Waals surface area contributed by atoms with Crippen LogP contribution < -0.4 is 5.32 Å². The zero-order valence-corrected chi connectivity index (χ0v) is 18.0. The zero-order chi connectivity index (χ0) is 22.7. The van der Waals surface area contributed by atoms with E-state index in [-0.39, 0.29) is 17.4 Å². The molecule has 0 radical (unpaired) electrons. The van der Waals surface area contributed by atoms with Crippen LogP contribution in [0.4, 0.5) is 5.82 Å². The summed E-state index contributed by atoms with van der Waals surface area (Å²) in [6, 6.07) is 10.9. The zero-order valence-electron chi connectivity index (χ0n) is 18.0. The molecule has 2 saturated heterocycles. The first kappa shape index (κ1) is 21.5. The van der Waals surface area contributed by atoms with Gasteiger partial charge in [0.05, 0.1) is 22.8 Å². The minimum atomic E-state index is -0.225. The molecule has 0 spiro atoms. The van der Waals surface area contributed by atoms with E-state index in [1.165, 1.54) is 12.6 Å². The number of nitriles is 1. The molecule has 4 rings (SSSR count). The van der Waals surface area contributed by atoms with E-state index in [0.717, 1.165) is 44.4 Å². The van der Waals surface area contributed by atoms with E-state index < -0.39 is 0 Å². The fourth-order valence-electron chi connectivity index (χ4n) is 4.45. The molecule has 32 heavy (non-hydrogen) atoms. The number of hydrogen-bond acceptors (Lipinski definition) is 7. The number of nitrogens with one attached hydrogen (secondary N) is 2. The van der Waals surface area contributed by atoms with Crippen LogP contribution in [0.15, 0.2) is 42.4 Å². The van der Waals surface area contributed by atoms with Crippen molar-refractivity contribution in [3.05, 3.63) is 64.7 Å². The van der Waals surface area contributed by atoms with E-state index in [0.29, 0.717) is 28.6 Å². The Balaban J connectivity index is 1.47. The summed E-state index contributed by atoms with van der Waals surface area (Å²) in [6.45, 7) is 5.35. The Hall–Kier alpha value is -3.70. The van der Waals surface area contributed by atoms with Crippen molar-refractivity contribution in [2.45, 2.75) is 25.8 Å². The number of rotatable bonds is 5. The Morgan fingerprint density at radius 3 is 2.84 bits per heavy atom. The summed E-state index contributed by atoms with van der Waals surface area (Å²) in [7, 11) is 0. The number of nitrogens with zero attached hydrogens (tertiary/aromatic N) is 4. The van der Waals surface area contributed by atoms with Crippen molar-refractivity contribution in [2.75, 3.05) is 31.5 Å². The van der Waals surface area contributed by atoms with Crippen molar-refractivity contribution >= 4 is 23.5 Å². The molecule has 3 N–H and O–H groups in total. The summed E-state index contributed by atoms with van der Waals surface area (Å²) in [5, 5.41) is 30.1. The third kappa shape index (κ3) is 4.34. The third-order valence-corrected chi connectivity index (χ3v) is 6.18. The standard InChI is InChI=1S/C24H26N6O2/c1-16-11-17(12-25)4-6-20(16)21(13-26)23(31)28-22-7-5-18(14-27-22)24(32)30-10-9-29-8-2-3-19(29)15-30/h4-7,11,13-14,19,26,31H,2-3,8-10,15H2,1H3,(H,27,28)/b23-21-,26-13?. The first-order valence-electron chi connectivity index (χ1n) is 10.7. The summed E-state index contributed by atoms with van der Waals surface area (Å²) in [4.78, 5) is 21.5. The molecule has 0 bridgehead atoms. The molecular formula is C24H26N6O2. The van der Waals surface area contributed by atoms with Crippen LogP contribution in [0.3, 0.4) is 0 Å². The Bertz CT molecular complexity index is 1100. The van der Waals surface area contributed by atoms with E-state index >= 15 is 0 Å². The average Bonchev–Trinajstić information content (AvgIpc) is 3.28. The maximum Gasteiger partial charge on any atom is 0.255 e. The molecule has 3 heterocycles. The molecule has 1 aromatic heterocycles. The molecule has 1 unspecified atom stereocenters. The van der Waals surface area contributed by atoms with Crippen molar-refractivity contribution in [3.8, 4) is 6.07 Å². The minimum Gasteiger partial charge on any atom is -0.494 e. The maximum atomic E-state index is 12.9. The van der Waals surface area contributed by atoms with Gasteiger partial charge in [-0.1, -0.05) is 6.07 Å². The van der Waals surface area contributed by atoms with Crippen LogP contribution in [-0.4, -0.2) is 64.2 Å². The number of aliphatic hydroxyl groups excluding tert-OH is 1. The predicted molar refractivity (Wildman–Crippen MR) is 123 cm³/mol. The van der Waals surface area contributed by atoms with Gasteiger partial charge in [0, 0.05) is 38.1 Å². The second-order valence-electron chi connectivity index (χ2n) is 8.19. The van der Waals surface area contributed by atoms with Gasteiger partial charge in [-0.2, -0.15) is 5.26 Å². The Kier molecular flexibility index (Phi) is 6.19. The van der Waals surface area contributed by atoms with Gasteiger partial charge in [0.15, 0.2) is 5.88 Å². The van der Waals surface area contributed by atoms with Gasteiger partial charge in [-0.05, 0) is 61.7 Å². The molecular weight excluding hydrogens is 404 g/mol. The number of aryl methyl sites for hydroxylation is 1. The Morgan fingerprint density at radius 1 is 1.31 bits per heavy atom. The molecule has 1 aromatic carbocycles. The molecule has 1 amide bonds. The second-order valence-corrected chi connectivity index (χ2v) is 8.19. The van der Waals surface area contributed by atoms with Gasteiger partial charge in [-0.15, -0.1) is 0 Å². The normalized spacial score (nSPS) is 19.0. The van der Waals surface area contributed by atoms with Gasteiger partial charge in [-0.25, -0.2) is 4.98 Å². The monoisotopic (exact) mass is 430 g/mol. The summed E-state index contributed by atoms with van der Waals surface area (Å²) in [6.07, 6.45) is 4.91. The second kappa shape index (κ2) is 9.20. The van der Waals surface area contributed by atoms with E-state index in [4.69, 9.17) is 10.7 Å². The molecule has 2 aliphatic heterocycles. The van der Waals surface area contributed by atoms with E-state index in [9.17, 15) is 9.90 Å². The predicted octanol–water partition coefficient (Wildman–Crippen LogP) is 3.17. The number of aliphatic hydroxyl groups is 1. The number of carbonyl (C=O) groups is 1. The lowest BCUT2D eigenvalue weighted by molar-refractivity contribution is 0.0571. The van der Waals surface area contributed by atoms with Gasteiger partial charge in [0.1, 0.15) is 5.82 Å². The fourth-order valence-corrected chi connectivity index (χ4v) is 4.45. The summed E-state index contributed by atoms with van der Waals surface area (Å²) < 4.78 is 0. The number of anilines is 1. The summed E-state index contributed by atoms with van der Waals surface area (Å²) in [5.74, 6) is 0.116. The molecule has 8 nitrogen and oxygen atoms in total. The van der Waals surface area contributed by atoms with Crippen LogP contribution in [0.25, 0.3) is 5.57 Å². The smallest absolute Gasteiger partial charge is 0.255 e. The molecule has 8 heteroatoms. The lowest BCUT2D eigenvalue weighted by atomic mass is 9.99. The van der Waals surface area contributed by atoms with Gasteiger partial charge < -0.3 is 20.7 Å². The molecule has 0 aliphatic carbocycles. The van der Waals surface area contributed by atoms with Crippen LogP contribution >= 0.6 is 0 Å². The maximum absolute atomic E-state index is 12.9. The number of benzene rings is 1. The van der Waals surface area contributed by atoms with E-state index in [1.54, 1.807) is 30.3 Å². The first-order chi connectivity index (χ1) is 15.5. The molecule has 2 aliphatic rings. The third-order valence-electron chi connectivity index (χ3n) is 6.18. The first-order valence-corrected chi connectivity index (χ1v) is 10.7. The number of carbonyl (C=O) groups excluding carboxylic acids is 1. The quantitative estimate of drug-likeness (QED) is 0.496. The number of allylic oxidation sites excluding steroid dienone is 1. The summed E-state index contributed by atoms with van der Waals surface area (Å²) >= 11 is 0. The molecule has 164 valence electrons. The van der Waals surface area contributed by atoms with E-state index in [1.807, 2.05) is 11.8 Å². The van der Waals surface area contributed by atoms with Gasteiger partial charge in [0.2, 0.25) is 0 Å². The highest BCUT2D eigenvalue weighted by atomic mass is 16.3. The highest BCUT2D eigenvalue weighted by Crippen LogP contribution is 2.24. The van der Waals surface area contributed by atoms with Crippen LogP contribution in [0.1, 0.15) is 39.9 Å². The number of hydrogen-bond donors (Lipinski definition) is 3. The fraction of sp³-hybridized carbons (Fsp3) is 0.333. The molecule has 2 aromatic rings. The van der Waals surface area contributed by atoms with E-state index in [2.05, 4.69) is 21.3 Å². The SMILES string of the molecule is Cc1cc(C#N)ccc1/C(C=N)=C(\O)Nc1ccc(C(=O)N2CCN3CCCC3C2)cn1. The van der Waals surface area contributed by atoms with Crippen LogP contribution in [0.5, 0.6) is 0 Å². The van der Waals surface area contributed by atoms with Crippen molar-refractivity contribution in [3.63, 3.8) is 0 Å². The lowest BCUT2D eigenvalue weighted by Crippen LogP contribution is -2.52. The van der Waals surface area contributed by atoms with Crippen LogP contribution in [0, 0.1) is 23.7 Å². The molecule has 1 atom stereocenters. The number of piperazine rings is 1. The molecule has 2 fully saturated rings. The van der Waals surface area contributed by atoms with Gasteiger partial charge >= 0.3 is 0 Å². The van der Waals surface area contributed by atoms with Crippen molar-refractivity contribution in [1.82, 2.24) is 14.8 Å². The summed E-state index contributed by atoms with van der Waals surface area (Å²) in [5.41, 5.74) is 2.72. The largest absolute Gasteiger partial charge is 0.494 e. The molecule has 0 saturated carbocycles. The van der Waals surface area contributed by atoms with Crippen LogP contribution in [0.2, 0.25) is 0 Å². The van der Waals surface area contributed by atoms with Crippen molar-refractivity contribution < 1.29 is 9.90 Å². The van der Waals surface area contributed by atoms with Gasteiger partial charge in [0.25, 0.3) is 5.91 Å². The topological polar surface area (TPSA) is 116 Å². The number of aromatic nitrogens is 1. The highest BCUT2D eigenvalue weighted by molar-refractivity contribution is 6.10. The average molecular weight is 431 g/mol. The minimum absolute atomic E-state index is 0.0243. The number of amides is 1. The lowest BCUT2D eigenvalue weighted by Gasteiger charge is -2.37. The number of pyridine rings is 1. The van der Waals surface area contributed by atoms with Crippen LogP contribution in [-0.2, 0) is 0 Å². The Labute approximate surface area is 187 Å². The number of fused-ring (bicyclic) bond motifs is 1.